The van der Waals surface area contributed by atoms with Crippen LogP contribution >= 0.6 is 0 Å². The lowest BCUT2D eigenvalue weighted by Gasteiger charge is -2.22. The molecule has 0 atom stereocenters. The lowest BCUT2D eigenvalue weighted by molar-refractivity contribution is -0.144. The molecular formula is C26H30N6O3. The number of aryl methyl sites for hydroxylation is 2. The third-order valence-electron chi connectivity index (χ3n) is 6.04. The Bertz CT molecular complexity index is 1360. The third kappa shape index (κ3) is 6.19. The molecule has 0 saturated carbocycles. The lowest BCUT2D eigenvalue weighted by atomic mass is 10.0. The smallest absolute Gasteiger partial charge is 0.327 e. The normalized spacial score (nSPS) is 11.3. The molecule has 9 heteroatoms. The second-order valence-electron chi connectivity index (χ2n) is 8.65. The first kappa shape index (κ1) is 24.3. The highest BCUT2D eigenvalue weighted by Gasteiger charge is 2.17. The number of H-pyrrole nitrogens is 1. The number of esters is 1. The van der Waals surface area contributed by atoms with Crippen LogP contribution in [-0.2, 0) is 35.6 Å². The van der Waals surface area contributed by atoms with Gasteiger partial charge in [0, 0.05) is 24.2 Å². The fourth-order valence-electron chi connectivity index (χ4n) is 4.01. The number of ether oxygens (including phenoxy) is 1. The largest absolute Gasteiger partial charge is 0.465 e. The van der Waals surface area contributed by atoms with Crippen molar-refractivity contribution in [3.05, 3.63) is 87.0 Å². The highest BCUT2D eigenvalue weighted by molar-refractivity contribution is 5.80. The van der Waals surface area contributed by atoms with Crippen LogP contribution in [0, 0.1) is 13.8 Å². The minimum atomic E-state index is -0.395. The van der Waals surface area contributed by atoms with Crippen molar-refractivity contribution >= 4 is 16.9 Å². The maximum absolute atomic E-state index is 12.9. The number of tetrazole rings is 1. The summed E-state index contributed by atoms with van der Waals surface area (Å²) in [7, 11) is 0. The summed E-state index contributed by atoms with van der Waals surface area (Å²) in [6.45, 7) is 7.57. The standard InChI is InChI=1S/C26H30N6O3/c1-4-35-25(33)17-32-24(28-29-30-32)16-31(11-10-20-8-6-5-7-9-20)15-22-14-21-12-18(2)19(3)13-23(21)27-26(22)34/h5-9,12-14H,4,10-11,15-17H2,1-3H3,(H,27,34). The fraction of sp³-hybridized carbons (Fsp3) is 0.346. The molecule has 0 aliphatic rings. The summed E-state index contributed by atoms with van der Waals surface area (Å²) in [5.41, 5.74) is 4.89. The molecule has 0 radical (unpaired) electrons. The van der Waals surface area contributed by atoms with Gasteiger partial charge in [-0.3, -0.25) is 14.5 Å². The predicted molar refractivity (Wildman–Crippen MR) is 133 cm³/mol. The van der Waals surface area contributed by atoms with Gasteiger partial charge < -0.3 is 9.72 Å². The molecule has 2 heterocycles. The van der Waals surface area contributed by atoms with Crippen molar-refractivity contribution in [3.63, 3.8) is 0 Å². The fourth-order valence-corrected chi connectivity index (χ4v) is 4.01. The Labute approximate surface area is 203 Å². The number of benzene rings is 2. The van der Waals surface area contributed by atoms with Gasteiger partial charge in [0.05, 0.1) is 13.2 Å². The Kier molecular flexibility index (Phi) is 7.67. The summed E-state index contributed by atoms with van der Waals surface area (Å²) in [6, 6.07) is 16.2. The maximum Gasteiger partial charge on any atom is 0.327 e. The number of fused-ring (bicyclic) bond motifs is 1. The number of aromatic amines is 1. The molecule has 182 valence electrons. The third-order valence-corrected chi connectivity index (χ3v) is 6.04. The van der Waals surface area contributed by atoms with E-state index in [0.717, 1.165) is 22.9 Å². The average Bonchev–Trinajstić information content (AvgIpc) is 3.26. The number of hydrogen-bond donors (Lipinski definition) is 1. The van der Waals surface area contributed by atoms with Crippen molar-refractivity contribution in [2.75, 3.05) is 13.2 Å². The Morgan fingerprint density at radius 1 is 1.09 bits per heavy atom. The summed E-state index contributed by atoms with van der Waals surface area (Å²) in [5, 5.41) is 12.8. The van der Waals surface area contributed by atoms with E-state index in [4.69, 9.17) is 4.74 Å². The Morgan fingerprint density at radius 3 is 2.63 bits per heavy atom. The van der Waals surface area contributed by atoms with E-state index in [9.17, 15) is 9.59 Å². The van der Waals surface area contributed by atoms with Crippen LogP contribution in [0.1, 0.15) is 35.0 Å². The van der Waals surface area contributed by atoms with Crippen molar-refractivity contribution in [1.82, 2.24) is 30.1 Å². The molecule has 2 aromatic carbocycles. The quantitative estimate of drug-likeness (QED) is 0.352. The van der Waals surface area contributed by atoms with Crippen LogP contribution in [0.2, 0.25) is 0 Å². The van der Waals surface area contributed by atoms with Gasteiger partial charge in [-0.05, 0) is 77.9 Å². The van der Waals surface area contributed by atoms with Crippen LogP contribution in [0.5, 0.6) is 0 Å². The van der Waals surface area contributed by atoms with E-state index in [0.29, 0.717) is 37.6 Å². The molecule has 0 bridgehead atoms. The molecule has 0 unspecified atom stereocenters. The number of aromatic nitrogens is 5. The summed E-state index contributed by atoms with van der Waals surface area (Å²) >= 11 is 0. The van der Waals surface area contributed by atoms with Gasteiger partial charge >= 0.3 is 5.97 Å². The SMILES string of the molecule is CCOC(=O)Cn1nnnc1CN(CCc1ccccc1)Cc1cc2cc(C)c(C)cc2[nH]c1=O. The Balaban J connectivity index is 1.59. The minimum absolute atomic E-state index is 0.0577. The van der Waals surface area contributed by atoms with Crippen molar-refractivity contribution in [3.8, 4) is 0 Å². The molecule has 0 aliphatic heterocycles. The first-order valence-corrected chi connectivity index (χ1v) is 11.7. The number of nitrogens with one attached hydrogen (secondary N) is 1. The Morgan fingerprint density at radius 2 is 1.86 bits per heavy atom. The molecule has 0 saturated heterocycles. The number of rotatable bonds is 10. The zero-order valence-corrected chi connectivity index (χ0v) is 20.3. The van der Waals surface area contributed by atoms with Crippen LogP contribution < -0.4 is 5.56 Å². The maximum atomic E-state index is 12.9. The van der Waals surface area contributed by atoms with Gasteiger partial charge in [-0.1, -0.05) is 30.3 Å². The van der Waals surface area contributed by atoms with Crippen LogP contribution in [0.15, 0.2) is 53.3 Å². The number of carbonyl (C=O) groups excluding carboxylic acids is 1. The first-order valence-electron chi connectivity index (χ1n) is 11.7. The summed E-state index contributed by atoms with van der Waals surface area (Å²) in [5.74, 6) is 0.142. The highest BCUT2D eigenvalue weighted by Crippen LogP contribution is 2.18. The molecule has 0 aliphatic carbocycles. The molecule has 35 heavy (non-hydrogen) atoms. The van der Waals surface area contributed by atoms with Crippen molar-refractivity contribution in [2.45, 2.75) is 46.8 Å². The first-order chi connectivity index (χ1) is 16.9. The number of pyridine rings is 1. The molecule has 4 aromatic rings. The molecule has 2 aromatic heterocycles. The molecule has 9 nitrogen and oxygen atoms in total. The summed E-state index contributed by atoms with van der Waals surface area (Å²) in [6.07, 6.45) is 0.796. The number of carbonyl (C=O) groups is 1. The van der Waals surface area contributed by atoms with E-state index >= 15 is 0 Å². The second-order valence-corrected chi connectivity index (χ2v) is 8.65. The van der Waals surface area contributed by atoms with E-state index < -0.39 is 5.97 Å². The molecule has 0 fully saturated rings. The summed E-state index contributed by atoms with van der Waals surface area (Å²) in [4.78, 5) is 30.1. The molecule has 0 spiro atoms. The van der Waals surface area contributed by atoms with Crippen molar-refractivity contribution in [2.24, 2.45) is 0 Å². The van der Waals surface area contributed by atoms with E-state index in [2.05, 4.69) is 50.5 Å². The molecule has 0 amide bonds. The topological polar surface area (TPSA) is 106 Å². The zero-order chi connectivity index (χ0) is 24.8. The van der Waals surface area contributed by atoms with Gasteiger partial charge in [-0.25, -0.2) is 4.68 Å². The van der Waals surface area contributed by atoms with E-state index in [-0.39, 0.29) is 12.1 Å². The highest BCUT2D eigenvalue weighted by atomic mass is 16.5. The van der Waals surface area contributed by atoms with E-state index in [1.165, 1.54) is 15.8 Å². The number of hydrogen-bond acceptors (Lipinski definition) is 7. The van der Waals surface area contributed by atoms with Crippen LogP contribution in [0.25, 0.3) is 10.9 Å². The number of nitrogens with zero attached hydrogens (tertiary/aromatic N) is 5. The van der Waals surface area contributed by atoms with Crippen molar-refractivity contribution < 1.29 is 9.53 Å². The van der Waals surface area contributed by atoms with E-state index in [1.54, 1.807) is 6.92 Å². The Hall–Kier alpha value is -3.85. The monoisotopic (exact) mass is 474 g/mol. The van der Waals surface area contributed by atoms with Gasteiger partial charge in [0.15, 0.2) is 5.82 Å². The van der Waals surface area contributed by atoms with Gasteiger partial charge in [0.2, 0.25) is 0 Å². The second kappa shape index (κ2) is 11.1. The van der Waals surface area contributed by atoms with Gasteiger partial charge in [0.25, 0.3) is 5.56 Å². The van der Waals surface area contributed by atoms with Crippen molar-refractivity contribution in [1.29, 1.82) is 0 Å². The van der Waals surface area contributed by atoms with Crippen LogP contribution in [0.4, 0.5) is 0 Å². The lowest BCUT2D eigenvalue weighted by Crippen LogP contribution is -2.30. The van der Waals surface area contributed by atoms with Crippen LogP contribution in [0.3, 0.4) is 0 Å². The van der Waals surface area contributed by atoms with Gasteiger partial charge in [-0.2, -0.15) is 0 Å². The minimum Gasteiger partial charge on any atom is -0.465 e. The predicted octanol–water partition coefficient (Wildman–Crippen LogP) is 2.94. The van der Waals surface area contributed by atoms with E-state index in [1.807, 2.05) is 37.3 Å². The van der Waals surface area contributed by atoms with Gasteiger partial charge in [0.1, 0.15) is 6.54 Å². The zero-order valence-electron chi connectivity index (χ0n) is 20.3. The molecule has 4 rings (SSSR count). The van der Waals surface area contributed by atoms with Gasteiger partial charge in [-0.15, -0.1) is 5.10 Å². The van der Waals surface area contributed by atoms with Crippen LogP contribution in [-0.4, -0.2) is 49.2 Å². The molecule has 1 N–H and O–H groups in total. The molecular weight excluding hydrogens is 444 g/mol. The summed E-state index contributed by atoms with van der Waals surface area (Å²) < 4.78 is 6.49. The average molecular weight is 475 g/mol.